The fourth-order valence-electron chi connectivity index (χ4n) is 3.43. The fraction of sp³-hybridized carbons (Fsp3) is 0.400. The normalized spacial score (nSPS) is 15.3. The molecule has 1 aliphatic heterocycles. The van der Waals surface area contributed by atoms with Crippen LogP contribution in [0.2, 0.25) is 0 Å². The molecule has 3 aromatic heterocycles. The largest absolute Gasteiger partial charge is 0.379 e. The van der Waals surface area contributed by atoms with Crippen LogP contribution in [0.25, 0.3) is 21.6 Å². The highest BCUT2D eigenvalue weighted by Gasteiger charge is 2.15. The molecule has 142 valence electrons. The van der Waals surface area contributed by atoms with Gasteiger partial charge in [0.15, 0.2) is 0 Å². The molecule has 3 aromatic rings. The monoisotopic (exact) mass is 384 g/mol. The highest BCUT2D eigenvalue weighted by molar-refractivity contribution is 7.13. The third-order valence-electron chi connectivity index (χ3n) is 4.81. The van der Waals surface area contributed by atoms with Gasteiger partial charge in [0, 0.05) is 31.2 Å². The molecule has 6 nitrogen and oxygen atoms in total. The minimum absolute atomic E-state index is 0.0259. The summed E-state index contributed by atoms with van der Waals surface area (Å²) in [6.07, 6.45) is 2.73. The first-order valence-corrected chi connectivity index (χ1v) is 10.2. The number of hydrogen-bond acceptors (Lipinski definition) is 5. The number of carbonyl (C=O) groups excluding carboxylic acids is 1. The predicted molar refractivity (Wildman–Crippen MR) is 108 cm³/mol. The molecule has 1 fully saturated rings. The molecule has 0 spiro atoms. The summed E-state index contributed by atoms with van der Waals surface area (Å²) >= 11 is 1.67. The van der Waals surface area contributed by atoms with E-state index in [1.54, 1.807) is 17.5 Å². The van der Waals surface area contributed by atoms with Gasteiger partial charge in [-0.05, 0) is 42.6 Å². The molecule has 4 rings (SSSR count). The van der Waals surface area contributed by atoms with Crippen molar-refractivity contribution in [2.24, 2.45) is 0 Å². The molecule has 1 aliphatic rings. The van der Waals surface area contributed by atoms with E-state index in [-0.39, 0.29) is 12.5 Å². The van der Waals surface area contributed by atoms with E-state index in [4.69, 9.17) is 4.74 Å². The second-order valence-electron chi connectivity index (χ2n) is 6.67. The Balaban J connectivity index is 1.39. The van der Waals surface area contributed by atoms with Gasteiger partial charge in [-0.1, -0.05) is 6.07 Å². The van der Waals surface area contributed by atoms with Crippen LogP contribution in [0, 0.1) is 0 Å². The molecule has 0 bridgehead atoms. The van der Waals surface area contributed by atoms with Crippen LogP contribution < -0.4 is 5.32 Å². The number of aromatic nitrogens is 2. The Kier molecular flexibility index (Phi) is 5.81. The van der Waals surface area contributed by atoms with Crippen LogP contribution in [0.3, 0.4) is 0 Å². The molecule has 1 amide bonds. The van der Waals surface area contributed by atoms with Gasteiger partial charge in [-0.3, -0.25) is 9.69 Å². The number of amides is 1. The van der Waals surface area contributed by atoms with E-state index in [2.05, 4.69) is 32.7 Å². The molecular weight excluding hydrogens is 360 g/mol. The number of nitrogens with zero attached hydrogens (tertiary/aromatic N) is 3. The number of hydrogen-bond donors (Lipinski definition) is 1. The average Bonchev–Trinajstić information content (AvgIpc) is 3.34. The van der Waals surface area contributed by atoms with Crippen molar-refractivity contribution in [1.82, 2.24) is 19.8 Å². The zero-order valence-corrected chi connectivity index (χ0v) is 16.1. The fourth-order valence-corrected chi connectivity index (χ4v) is 4.18. The smallest absolute Gasteiger partial charge is 0.240 e. The molecule has 0 unspecified atom stereocenters. The predicted octanol–water partition coefficient (Wildman–Crippen LogP) is 2.60. The summed E-state index contributed by atoms with van der Waals surface area (Å²) in [5.41, 5.74) is 1.89. The average molecular weight is 385 g/mol. The summed E-state index contributed by atoms with van der Waals surface area (Å²) < 4.78 is 7.37. The van der Waals surface area contributed by atoms with Crippen molar-refractivity contribution >= 4 is 28.3 Å². The Labute approximate surface area is 162 Å². The zero-order valence-electron chi connectivity index (χ0n) is 15.3. The van der Waals surface area contributed by atoms with Crippen LogP contribution >= 0.6 is 11.3 Å². The summed E-state index contributed by atoms with van der Waals surface area (Å²) in [6.45, 7) is 5.57. The van der Waals surface area contributed by atoms with Crippen molar-refractivity contribution in [2.75, 3.05) is 39.4 Å². The number of pyridine rings is 1. The van der Waals surface area contributed by atoms with Crippen molar-refractivity contribution in [3.8, 4) is 10.6 Å². The second-order valence-corrected chi connectivity index (χ2v) is 7.61. The number of rotatable bonds is 7. The van der Waals surface area contributed by atoms with Gasteiger partial charge in [0.05, 0.1) is 23.8 Å². The van der Waals surface area contributed by atoms with Gasteiger partial charge in [0.25, 0.3) is 0 Å². The molecule has 1 N–H and O–H groups in total. The quantitative estimate of drug-likeness (QED) is 0.636. The Bertz CT molecular complexity index is 885. The first kappa shape index (κ1) is 18.2. The standard InChI is InChI=1S/C20H24N4O2S/c25-19(21-7-3-8-23-9-11-26-12-10-23)15-24-17(18-5-2-13-27-18)14-16-4-1-6-22-20(16)24/h1-2,4-6,13-14H,3,7-12,15H2,(H,21,25). The maximum Gasteiger partial charge on any atom is 0.240 e. The lowest BCUT2D eigenvalue weighted by molar-refractivity contribution is -0.121. The number of ether oxygens (including phenoxy) is 1. The first-order chi connectivity index (χ1) is 13.3. The second kappa shape index (κ2) is 8.65. The van der Waals surface area contributed by atoms with Crippen LogP contribution in [0.4, 0.5) is 0 Å². The number of morpholine rings is 1. The van der Waals surface area contributed by atoms with Crippen LogP contribution in [0.15, 0.2) is 41.9 Å². The lowest BCUT2D eigenvalue weighted by Crippen LogP contribution is -2.38. The van der Waals surface area contributed by atoms with E-state index in [1.807, 2.05) is 22.8 Å². The van der Waals surface area contributed by atoms with Crippen molar-refractivity contribution < 1.29 is 9.53 Å². The van der Waals surface area contributed by atoms with Crippen molar-refractivity contribution in [1.29, 1.82) is 0 Å². The summed E-state index contributed by atoms with van der Waals surface area (Å²) in [6, 6.07) is 10.2. The topological polar surface area (TPSA) is 59.4 Å². The van der Waals surface area contributed by atoms with Crippen LogP contribution in [0.5, 0.6) is 0 Å². The minimum Gasteiger partial charge on any atom is -0.379 e. The highest BCUT2D eigenvalue weighted by Crippen LogP contribution is 2.30. The summed E-state index contributed by atoms with van der Waals surface area (Å²) in [4.78, 5) is 20.6. The third-order valence-corrected chi connectivity index (χ3v) is 5.70. The number of thiophene rings is 1. The molecular formula is C20H24N4O2S. The number of carbonyl (C=O) groups is 1. The molecule has 7 heteroatoms. The Hall–Kier alpha value is -2.22. The van der Waals surface area contributed by atoms with Crippen LogP contribution in [-0.2, 0) is 16.1 Å². The van der Waals surface area contributed by atoms with E-state index >= 15 is 0 Å². The van der Waals surface area contributed by atoms with E-state index in [0.29, 0.717) is 6.54 Å². The van der Waals surface area contributed by atoms with Crippen LogP contribution in [-0.4, -0.2) is 59.8 Å². The minimum atomic E-state index is 0.0259. The lowest BCUT2D eigenvalue weighted by Gasteiger charge is -2.26. The van der Waals surface area contributed by atoms with Gasteiger partial charge < -0.3 is 14.6 Å². The van der Waals surface area contributed by atoms with Gasteiger partial charge in [-0.25, -0.2) is 4.98 Å². The van der Waals surface area contributed by atoms with Gasteiger partial charge in [0.2, 0.25) is 5.91 Å². The van der Waals surface area contributed by atoms with E-state index in [0.717, 1.165) is 60.9 Å². The Morgan fingerprint density at radius 1 is 1.26 bits per heavy atom. The van der Waals surface area contributed by atoms with Gasteiger partial charge in [-0.15, -0.1) is 11.3 Å². The molecule has 0 atom stereocenters. The van der Waals surface area contributed by atoms with Gasteiger partial charge >= 0.3 is 0 Å². The maximum atomic E-state index is 12.5. The Morgan fingerprint density at radius 2 is 2.15 bits per heavy atom. The van der Waals surface area contributed by atoms with Crippen molar-refractivity contribution in [2.45, 2.75) is 13.0 Å². The van der Waals surface area contributed by atoms with Gasteiger partial charge in [-0.2, -0.15) is 0 Å². The molecule has 0 radical (unpaired) electrons. The molecule has 0 aromatic carbocycles. The van der Waals surface area contributed by atoms with Crippen molar-refractivity contribution in [3.63, 3.8) is 0 Å². The van der Waals surface area contributed by atoms with E-state index in [1.165, 1.54) is 0 Å². The van der Waals surface area contributed by atoms with Gasteiger partial charge in [0.1, 0.15) is 12.2 Å². The molecule has 4 heterocycles. The lowest BCUT2D eigenvalue weighted by atomic mass is 10.3. The van der Waals surface area contributed by atoms with Crippen molar-refractivity contribution in [3.05, 3.63) is 41.9 Å². The van der Waals surface area contributed by atoms with E-state index < -0.39 is 0 Å². The summed E-state index contributed by atoms with van der Waals surface area (Å²) in [5.74, 6) is 0.0259. The maximum absolute atomic E-state index is 12.5. The number of fused-ring (bicyclic) bond motifs is 1. The zero-order chi connectivity index (χ0) is 18.5. The SMILES string of the molecule is O=C(Cn1c(-c2cccs2)cc2cccnc21)NCCCN1CCOCC1. The summed E-state index contributed by atoms with van der Waals surface area (Å²) in [5, 5.41) is 6.16. The Morgan fingerprint density at radius 3 is 2.96 bits per heavy atom. The highest BCUT2D eigenvalue weighted by atomic mass is 32.1. The first-order valence-electron chi connectivity index (χ1n) is 9.36. The molecule has 0 saturated carbocycles. The molecule has 0 aliphatic carbocycles. The van der Waals surface area contributed by atoms with Crippen LogP contribution in [0.1, 0.15) is 6.42 Å². The molecule has 27 heavy (non-hydrogen) atoms. The molecule has 1 saturated heterocycles. The number of nitrogens with one attached hydrogen (secondary N) is 1. The third kappa shape index (κ3) is 4.37. The summed E-state index contributed by atoms with van der Waals surface area (Å²) in [7, 11) is 0. The van der Waals surface area contributed by atoms with E-state index in [9.17, 15) is 4.79 Å².